The number of aliphatic hydroxyl groups excluding tert-OH is 2. The van der Waals surface area contributed by atoms with Gasteiger partial charge in [0.05, 0.1) is 12.7 Å². The lowest BCUT2D eigenvalue weighted by Crippen LogP contribution is -2.55. The number of hydrogen-bond acceptors (Lipinski definition) is 6. The third-order valence-electron chi connectivity index (χ3n) is 5.47. The molecule has 0 bridgehead atoms. The van der Waals surface area contributed by atoms with E-state index in [0.29, 0.717) is 44.7 Å². The third-order valence-corrected chi connectivity index (χ3v) is 5.47. The van der Waals surface area contributed by atoms with Crippen molar-refractivity contribution in [1.82, 2.24) is 14.5 Å². The molecule has 2 rings (SSSR count). The standard InChI is InChI=1S/C19H31N3O5/c1-14-11-15(2)22(18(26)20-14)9-6-17(25)21-8-5-16(24)19(12-21,13-23)7-4-10-27-3/h11,16,23-24H,4-10,12-13H2,1-3H3/t16-,19+/m1/s1. The van der Waals surface area contributed by atoms with Gasteiger partial charge in [0.25, 0.3) is 0 Å². The van der Waals surface area contributed by atoms with E-state index in [9.17, 15) is 19.8 Å². The van der Waals surface area contributed by atoms with E-state index in [2.05, 4.69) is 4.98 Å². The molecule has 1 fully saturated rings. The molecule has 152 valence electrons. The lowest BCUT2D eigenvalue weighted by atomic mass is 9.74. The molecule has 8 nitrogen and oxygen atoms in total. The summed E-state index contributed by atoms with van der Waals surface area (Å²) in [7, 11) is 1.61. The number of hydrogen-bond donors (Lipinski definition) is 2. The summed E-state index contributed by atoms with van der Waals surface area (Å²) in [6.07, 6.45) is 1.27. The van der Waals surface area contributed by atoms with E-state index in [1.807, 2.05) is 13.0 Å². The van der Waals surface area contributed by atoms with E-state index in [1.54, 1.807) is 18.9 Å². The number of carbonyl (C=O) groups excluding carboxylic acids is 1. The first-order valence-electron chi connectivity index (χ1n) is 9.43. The van der Waals surface area contributed by atoms with Gasteiger partial charge in [0.15, 0.2) is 0 Å². The molecule has 27 heavy (non-hydrogen) atoms. The lowest BCUT2D eigenvalue weighted by Gasteiger charge is -2.45. The molecule has 2 atom stereocenters. The normalized spacial score (nSPS) is 22.9. The fourth-order valence-electron chi connectivity index (χ4n) is 3.82. The Bertz CT molecular complexity index is 705. The minimum Gasteiger partial charge on any atom is -0.396 e. The van der Waals surface area contributed by atoms with Crippen LogP contribution in [0.3, 0.4) is 0 Å². The van der Waals surface area contributed by atoms with Crippen LogP contribution in [0.15, 0.2) is 10.9 Å². The van der Waals surface area contributed by atoms with E-state index in [-0.39, 0.29) is 31.2 Å². The van der Waals surface area contributed by atoms with Crippen LogP contribution in [0, 0.1) is 19.3 Å². The van der Waals surface area contributed by atoms with Crippen molar-refractivity contribution in [3.8, 4) is 0 Å². The predicted octanol–water partition coefficient (Wildman–Crippen LogP) is 0.249. The number of nitrogens with zero attached hydrogens (tertiary/aromatic N) is 3. The summed E-state index contributed by atoms with van der Waals surface area (Å²) < 4.78 is 6.57. The molecule has 0 aromatic carbocycles. The van der Waals surface area contributed by atoms with Crippen LogP contribution in [0.25, 0.3) is 0 Å². The Labute approximate surface area is 159 Å². The zero-order valence-electron chi connectivity index (χ0n) is 16.5. The Morgan fingerprint density at radius 3 is 2.81 bits per heavy atom. The van der Waals surface area contributed by atoms with Crippen molar-refractivity contribution < 1.29 is 19.7 Å². The molecule has 0 unspecified atom stereocenters. The zero-order chi connectivity index (χ0) is 20.0. The fraction of sp³-hybridized carbons (Fsp3) is 0.737. The number of carbonyl (C=O) groups is 1. The van der Waals surface area contributed by atoms with Crippen LogP contribution in [-0.2, 0) is 16.1 Å². The molecular formula is C19H31N3O5. The second-order valence-corrected chi connectivity index (χ2v) is 7.46. The molecule has 1 amide bonds. The second-order valence-electron chi connectivity index (χ2n) is 7.46. The molecule has 1 aromatic rings. The van der Waals surface area contributed by atoms with Crippen LogP contribution in [0.1, 0.15) is 37.1 Å². The van der Waals surface area contributed by atoms with Crippen molar-refractivity contribution in [2.75, 3.05) is 33.4 Å². The van der Waals surface area contributed by atoms with Crippen LogP contribution in [0.4, 0.5) is 0 Å². The zero-order valence-corrected chi connectivity index (χ0v) is 16.5. The Morgan fingerprint density at radius 2 is 2.19 bits per heavy atom. The molecule has 1 aliphatic rings. The lowest BCUT2D eigenvalue weighted by molar-refractivity contribution is -0.143. The van der Waals surface area contributed by atoms with Crippen LogP contribution in [0.5, 0.6) is 0 Å². The minimum atomic E-state index is -0.718. The number of amides is 1. The Kier molecular flexibility index (Phi) is 7.52. The van der Waals surface area contributed by atoms with Crippen LogP contribution in [-0.4, -0.2) is 70.1 Å². The largest absolute Gasteiger partial charge is 0.396 e. The number of methoxy groups -OCH3 is 1. The first kappa shape index (κ1) is 21.5. The van der Waals surface area contributed by atoms with Gasteiger partial charge < -0.3 is 19.8 Å². The van der Waals surface area contributed by atoms with Gasteiger partial charge in [-0.15, -0.1) is 0 Å². The quantitative estimate of drug-likeness (QED) is 0.626. The van der Waals surface area contributed by atoms with Gasteiger partial charge in [0.2, 0.25) is 5.91 Å². The number of ether oxygens (including phenoxy) is 1. The maximum Gasteiger partial charge on any atom is 0.347 e. The smallest absolute Gasteiger partial charge is 0.347 e. The molecule has 0 aliphatic carbocycles. The number of aliphatic hydroxyl groups is 2. The number of likely N-dealkylation sites (tertiary alicyclic amines) is 1. The summed E-state index contributed by atoms with van der Waals surface area (Å²) in [5.41, 5.74) is 0.371. The summed E-state index contributed by atoms with van der Waals surface area (Å²) in [5, 5.41) is 20.4. The number of aromatic nitrogens is 2. The third kappa shape index (κ3) is 5.15. The molecule has 0 radical (unpaired) electrons. The monoisotopic (exact) mass is 381 g/mol. The minimum absolute atomic E-state index is 0.0849. The highest BCUT2D eigenvalue weighted by Crippen LogP contribution is 2.35. The number of rotatable bonds is 8. The second kappa shape index (κ2) is 9.43. The van der Waals surface area contributed by atoms with E-state index < -0.39 is 11.5 Å². The summed E-state index contributed by atoms with van der Waals surface area (Å²) in [4.78, 5) is 30.4. The maximum atomic E-state index is 12.7. The SMILES string of the molecule is COCCC[C@@]1(CO)CN(C(=O)CCn2c(C)cc(C)nc2=O)CC[C@H]1O. The highest BCUT2D eigenvalue weighted by Gasteiger charge is 2.43. The van der Waals surface area contributed by atoms with Gasteiger partial charge in [-0.25, -0.2) is 4.79 Å². The molecule has 1 aromatic heterocycles. The molecule has 8 heteroatoms. The van der Waals surface area contributed by atoms with E-state index in [4.69, 9.17) is 4.74 Å². The average Bonchev–Trinajstić information content (AvgIpc) is 2.62. The van der Waals surface area contributed by atoms with Crippen molar-refractivity contribution in [3.63, 3.8) is 0 Å². The summed E-state index contributed by atoms with van der Waals surface area (Å²) in [6, 6.07) is 1.82. The summed E-state index contributed by atoms with van der Waals surface area (Å²) >= 11 is 0. The Hall–Kier alpha value is -1.77. The van der Waals surface area contributed by atoms with Gasteiger partial charge >= 0.3 is 5.69 Å². The fourth-order valence-corrected chi connectivity index (χ4v) is 3.82. The van der Waals surface area contributed by atoms with Gasteiger partial charge in [0, 0.05) is 56.6 Å². The Morgan fingerprint density at radius 1 is 1.44 bits per heavy atom. The first-order valence-corrected chi connectivity index (χ1v) is 9.43. The van der Waals surface area contributed by atoms with Crippen LogP contribution in [0.2, 0.25) is 0 Å². The van der Waals surface area contributed by atoms with Crippen molar-refractivity contribution in [2.24, 2.45) is 5.41 Å². The van der Waals surface area contributed by atoms with E-state index in [1.165, 1.54) is 4.57 Å². The highest BCUT2D eigenvalue weighted by atomic mass is 16.5. The molecule has 0 saturated carbocycles. The first-order chi connectivity index (χ1) is 12.8. The molecule has 2 N–H and O–H groups in total. The van der Waals surface area contributed by atoms with Gasteiger partial charge in [0.1, 0.15) is 0 Å². The van der Waals surface area contributed by atoms with E-state index in [0.717, 1.165) is 5.69 Å². The molecule has 2 heterocycles. The maximum absolute atomic E-state index is 12.7. The van der Waals surface area contributed by atoms with Gasteiger partial charge in [-0.3, -0.25) is 9.36 Å². The molecule has 1 saturated heterocycles. The summed E-state index contributed by atoms with van der Waals surface area (Å²) in [5.74, 6) is -0.0849. The summed E-state index contributed by atoms with van der Waals surface area (Å²) in [6.45, 7) is 4.99. The van der Waals surface area contributed by atoms with Gasteiger partial charge in [-0.05, 0) is 39.2 Å². The molecular weight excluding hydrogens is 350 g/mol. The molecule has 0 spiro atoms. The Balaban J connectivity index is 2.03. The number of piperidine rings is 1. The van der Waals surface area contributed by atoms with Crippen molar-refractivity contribution in [3.05, 3.63) is 27.9 Å². The predicted molar refractivity (Wildman–Crippen MR) is 100 cm³/mol. The highest BCUT2D eigenvalue weighted by molar-refractivity contribution is 5.76. The van der Waals surface area contributed by atoms with Crippen molar-refractivity contribution >= 4 is 5.91 Å². The van der Waals surface area contributed by atoms with Crippen LogP contribution < -0.4 is 5.69 Å². The van der Waals surface area contributed by atoms with Gasteiger partial charge in [-0.2, -0.15) is 4.98 Å². The van der Waals surface area contributed by atoms with Crippen molar-refractivity contribution in [1.29, 1.82) is 0 Å². The number of aryl methyl sites for hydroxylation is 2. The van der Waals surface area contributed by atoms with E-state index >= 15 is 0 Å². The van der Waals surface area contributed by atoms with Crippen LogP contribution >= 0.6 is 0 Å². The topological polar surface area (TPSA) is 105 Å². The average molecular weight is 381 g/mol. The van der Waals surface area contributed by atoms with Crippen molar-refractivity contribution in [2.45, 2.75) is 52.2 Å². The molecule has 1 aliphatic heterocycles. The van der Waals surface area contributed by atoms with Gasteiger partial charge in [-0.1, -0.05) is 0 Å².